The molecule has 1 amide bonds. The molecule has 8 nitrogen and oxygen atoms in total. The average Bonchev–Trinajstić information content (AvgIpc) is 2.75. The summed E-state index contributed by atoms with van der Waals surface area (Å²) < 4.78 is 28.1. The third kappa shape index (κ3) is 2.80. The molecule has 0 saturated carbocycles. The van der Waals surface area contributed by atoms with Crippen LogP contribution in [0.5, 0.6) is 0 Å². The van der Waals surface area contributed by atoms with Gasteiger partial charge >= 0.3 is 0 Å². The van der Waals surface area contributed by atoms with Crippen LogP contribution in [0.25, 0.3) is 0 Å². The van der Waals surface area contributed by atoms with Gasteiger partial charge in [0.15, 0.2) is 0 Å². The van der Waals surface area contributed by atoms with Crippen LogP contribution in [0.1, 0.15) is 5.69 Å². The van der Waals surface area contributed by atoms with Gasteiger partial charge in [0.1, 0.15) is 11.7 Å². The molecule has 0 aromatic carbocycles. The van der Waals surface area contributed by atoms with Crippen LogP contribution in [0, 0.1) is 6.92 Å². The van der Waals surface area contributed by atoms with Gasteiger partial charge in [-0.15, -0.1) is 4.40 Å². The van der Waals surface area contributed by atoms with Crippen molar-refractivity contribution < 1.29 is 13.2 Å². The molecule has 1 aromatic rings. The molecule has 1 aromatic heterocycles. The first-order valence-electron chi connectivity index (χ1n) is 6.65. The van der Waals surface area contributed by atoms with E-state index in [1.807, 2.05) is 6.92 Å². The summed E-state index contributed by atoms with van der Waals surface area (Å²) in [5.74, 6) is 0.583. The summed E-state index contributed by atoms with van der Waals surface area (Å²) in [6, 6.07) is 1.77. The molecule has 1 N–H and O–H groups in total. The highest BCUT2D eigenvalue weighted by atomic mass is 32.2. The lowest BCUT2D eigenvalue weighted by atomic mass is 10.2. The van der Waals surface area contributed by atoms with Crippen molar-refractivity contribution in [2.24, 2.45) is 11.4 Å². The number of carbonyl (C=O) groups is 1. The van der Waals surface area contributed by atoms with Crippen LogP contribution >= 0.6 is 0 Å². The van der Waals surface area contributed by atoms with Crippen molar-refractivity contribution in [3.63, 3.8) is 0 Å². The Morgan fingerprint density at radius 2 is 2.14 bits per heavy atom. The summed E-state index contributed by atoms with van der Waals surface area (Å²) in [6.45, 7) is 2.12. The van der Waals surface area contributed by atoms with E-state index < -0.39 is 10.0 Å². The van der Waals surface area contributed by atoms with E-state index in [4.69, 9.17) is 0 Å². The number of carbonyl (C=O) groups excluding carboxylic acids is 1. The summed E-state index contributed by atoms with van der Waals surface area (Å²) in [7, 11) is -1.64. The Kier molecular flexibility index (Phi) is 3.36. The lowest BCUT2D eigenvalue weighted by Gasteiger charge is -2.26. The number of nitrogens with one attached hydrogen (secondary N) is 1. The van der Waals surface area contributed by atoms with Crippen LogP contribution in [0.2, 0.25) is 0 Å². The number of amides is 1. The number of aryl methyl sites for hydroxylation is 2. The number of aromatic nitrogens is 2. The second-order valence-electron chi connectivity index (χ2n) is 5.10. The number of amidine groups is 1. The van der Waals surface area contributed by atoms with Crippen molar-refractivity contribution in [1.82, 2.24) is 14.7 Å². The Morgan fingerprint density at radius 1 is 1.36 bits per heavy atom. The Morgan fingerprint density at radius 3 is 2.82 bits per heavy atom. The highest BCUT2D eigenvalue weighted by molar-refractivity contribution is 7.90. The van der Waals surface area contributed by atoms with E-state index >= 15 is 0 Å². The standard InChI is InChI=1S/C13H15N5O3S/c1-9-7-12(17(2)15-9)14-13(19)10-3-4-11-16-22(20,21)6-5-18(11)8-10/h3-4,7-8H,5-6H2,1-2H3,(H,14,19). The van der Waals surface area contributed by atoms with Crippen LogP contribution in [-0.2, 0) is 21.9 Å². The maximum Gasteiger partial charge on any atom is 0.258 e. The number of rotatable bonds is 2. The second-order valence-corrected chi connectivity index (χ2v) is 6.85. The van der Waals surface area contributed by atoms with Crippen molar-refractivity contribution >= 4 is 27.6 Å². The number of anilines is 1. The maximum atomic E-state index is 12.3. The molecule has 0 fully saturated rings. The number of fused-ring (bicyclic) bond motifs is 1. The predicted octanol–water partition coefficient (Wildman–Crippen LogP) is 0.165. The average molecular weight is 321 g/mol. The lowest BCUT2D eigenvalue weighted by molar-refractivity contribution is -0.112. The lowest BCUT2D eigenvalue weighted by Crippen LogP contribution is -2.37. The van der Waals surface area contributed by atoms with Crippen molar-refractivity contribution in [1.29, 1.82) is 0 Å². The van der Waals surface area contributed by atoms with E-state index in [1.165, 1.54) is 6.08 Å². The molecule has 0 spiro atoms. The minimum absolute atomic E-state index is 0.0589. The minimum Gasteiger partial charge on any atom is -0.330 e. The molecule has 0 atom stereocenters. The molecule has 0 radical (unpaired) electrons. The highest BCUT2D eigenvalue weighted by Crippen LogP contribution is 2.17. The van der Waals surface area contributed by atoms with E-state index in [0.29, 0.717) is 17.2 Å². The molecule has 3 rings (SSSR count). The number of hydrogen-bond acceptors (Lipinski definition) is 5. The van der Waals surface area contributed by atoms with Gasteiger partial charge in [0.2, 0.25) is 0 Å². The molecule has 0 unspecified atom stereocenters. The van der Waals surface area contributed by atoms with Gasteiger partial charge in [-0.25, -0.2) is 8.42 Å². The Labute approximate surface area is 127 Å². The number of nitrogens with zero attached hydrogens (tertiary/aromatic N) is 4. The zero-order chi connectivity index (χ0) is 15.9. The van der Waals surface area contributed by atoms with Crippen molar-refractivity contribution in [2.75, 3.05) is 17.6 Å². The molecular weight excluding hydrogens is 306 g/mol. The third-order valence-corrected chi connectivity index (χ3v) is 4.49. The first kappa shape index (κ1) is 14.5. The molecule has 116 valence electrons. The zero-order valence-corrected chi connectivity index (χ0v) is 13.0. The van der Waals surface area contributed by atoms with Gasteiger partial charge in [-0.2, -0.15) is 5.10 Å². The molecule has 0 saturated heterocycles. The van der Waals surface area contributed by atoms with Gasteiger partial charge in [-0.1, -0.05) is 0 Å². The normalized spacial score (nSPS) is 19.3. The molecule has 3 heterocycles. The van der Waals surface area contributed by atoms with Crippen LogP contribution in [0.4, 0.5) is 5.82 Å². The number of sulfonamides is 1. The number of hydrogen-bond donors (Lipinski definition) is 1. The van der Waals surface area contributed by atoms with Crippen LogP contribution in [0.15, 0.2) is 34.4 Å². The van der Waals surface area contributed by atoms with E-state index in [2.05, 4.69) is 14.8 Å². The summed E-state index contributed by atoms with van der Waals surface area (Å²) in [6.07, 6.45) is 4.68. The third-order valence-electron chi connectivity index (χ3n) is 3.33. The smallest absolute Gasteiger partial charge is 0.258 e. The molecular formula is C13H15N5O3S. The van der Waals surface area contributed by atoms with E-state index in [9.17, 15) is 13.2 Å². The van der Waals surface area contributed by atoms with Crippen molar-refractivity contribution in [3.05, 3.63) is 35.7 Å². The molecule has 0 aliphatic carbocycles. The largest absolute Gasteiger partial charge is 0.330 e. The maximum absolute atomic E-state index is 12.3. The van der Waals surface area contributed by atoms with Gasteiger partial charge < -0.3 is 10.2 Å². The molecule has 2 aliphatic heterocycles. The Bertz CT molecular complexity index is 832. The second kappa shape index (κ2) is 5.09. The fraction of sp³-hybridized carbons (Fsp3) is 0.308. The van der Waals surface area contributed by atoms with E-state index in [1.54, 1.807) is 35.0 Å². The van der Waals surface area contributed by atoms with Gasteiger partial charge in [-0.05, 0) is 19.1 Å². The summed E-state index contributed by atoms with van der Waals surface area (Å²) in [4.78, 5) is 13.9. The monoisotopic (exact) mass is 321 g/mol. The highest BCUT2D eigenvalue weighted by Gasteiger charge is 2.25. The predicted molar refractivity (Wildman–Crippen MR) is 81.7 cm³/mol. The first-order valence-corrected chi connectivity index (χ1v) is 8.26. The summed E-state index contributed by atoms with van der Waals surface area (Å²) in [5, 5.41) is 6.93. The first-order chi connectivity index (χ1) is 10.3. The quantitative estimate of drug-likeness (QED) is 0.837. The molecule has 0 bridgehead atoms. The van der Waals surface area contributed by atoms with Gasteiger partial charge in [-0.3, -0.25) is 9.48 Å². The molecule has 22 heavy (non-hydrogen) atoms. The molecule has 9 heteroatoms. The minimum atomic E-state index is -3.39. The summed E-state index contributed by atoms with van der Waals surface area (Å²) >= 11 is 0. The van der Waals surface area contributed by atoms with E-state index in [-0.39, 0.29) is 18.2 Å². The van der Waals surface area contributed by atoms with Crippen molar-refractivity contribution in [2.45, 2.75) is 6.92 Å². The summed E-state index contributed by atoms with van der Waals surface area (Å²) in [5.41, 5.74) is 1.23. The topological polar surface area (TPSA) is 96.7 Å². The zero-order valence-electron chi connectivity index (χ0n) is 12.1. The van der Waals surface area contributed by atoms with Crippen molar-refractivity contribution in [3.8, 4) is 0 Å². The van der Waals surface area contributed by atoms with E-state index in [0.717, 1.165) is 5.69 Å². The van der Waals surface area contributed by atoms with Gasteiger partial charge in [0, 0.05) is 25.9 Å². The SMILES string of the molecule is Cc1cc(NC(=O)C2=CN3CCS(=O)(=O)N=C3C=C2)n(C)n1. The van der Waals surface area contributed by atoms with Gasteiger partial charge in [0.05, 0.1) is 17.0 Å². The van der Waals surface area contributed by atoms with Crippen LogP contribution in [-0.4, -0.2) is 47.1 Å². The fourth-order valence-corrected chi connectivity index (χ4v) is 3.22. The molecule has 2 aliphatic rings. The van der Waals surface area contributed by atoms with Crippen LogP contribution in [0.3, 0.4) is 0 Å². The van der Waals surface area contributed by atoms with Gasteiger partial charge in [0.25, 0.3) is 15.9 Å². The fourth-order valence-electron chi connectivity index (χ4n) is 2.25. The Hall–Kier alpha value is -2.42. The van der Waals surface area contributed by atoms with Crippen LogP contribution < -0.4 is 5.32 Å². The Balaban J connectivity index is 1.80.